The van der Waals surface area contributed by atoms with Crippen LogP contribution in [0, 0.1) is 6.92 Å². The molecule has 0 aliphatic carbocycles. The standard InChI is InChI=1S/C14H13BrClN/c1-10-5-6-13(16)14(7-10)17-9-11-3-2-4-12(15)8-11/h2-8,17H,9H2,1H3. The van der Waals surface area contributed by atoms with E-state index in [9.17, 15) is 0 Å². The molecular formula is C14H13BrClN. The molecule has 0 fully saturated rings. The molecule has 0 heterocycles. The Balaban J connectivity index is 2.09. The molecule has 0 aliphatic rings. The third-order valence-electron chi connectivity index (χ3n) is 2.49. The second-order valence-electron chi connectivity index (χ2n) is 3.97. The van der Waals surface area contributed by atoms with Gasteiger partial charge in [-0.1, -0.05) is 45.7 Å². The van der Waals surface area contributed by atoms with E-state index in [1.807, 2.05) is 24.3 Å². The lowest BCUT2D eigenvalue weighted by Gasteiger charge is -2.09. The first-order chi connectivity index (χ1) is 8.15. The molecule has 2 rings (SSSR count). The Morgan fingerprint density at radius 2 is 2.00 bits per heavy atom. The molecule has 0 spiro atoms. The normalized spacial score (nSPS) is 10.3. The van der Waals surface area contributed by atoms with Gasteiger partial charge in [-0.2, -0.15) is 0 Å². The van der Waals surface area contributed by atoms with Crippen LogP contribution in [-0.4, -0.2) is 0 Å². The molecule has 17 heavy (non-hydrogen) atoms. The summed E-state index contributed by atoms with van der Waals surface area (Å²) in [5.74, 6) is 0. The van der Waals surface area contributed by atoms with E-state index in [1.165, 1.54) is 11.1 Å². The average Bonchev–Trinajstić information content (AvgIpc) is 2.30. The monoisotopic (exact) mass is 309 g/mol. The molecule has 0 unspecified atom stereocenters. The number of halogens is 2. The number of rotatable bonds is 3. The summed E-state index contributed by atoms with van der Waals surface area (Å²) in [7, 11) is 0. The van der Waals surface area contributed by atoms with Gasteiger partial charge >= 0.3 is 0 Å². The number of nitrogens with one attached hydrogen (secondary N) is 1. The van der Waals surface area contributed by atoms with E-state index in [1.54, 1.807) is 0 Å². The summed E-state index contributed by atoms with van der Waals surface area (Å²) >= 11 is 9.58. The van der Waals surface area contributed by atoms with Crippen molar-refractivity contribution in [2.75, 3.05) is 5.32 Å². The summed E-state index contributed by atoms with van der Waals surface area (Å²) in [6.07, 6.45) is 0. The third kappa shape index (κ3) is 3.48. The topological polar surface area (TPSA) is 12.0 Å². The van der Waals surface area contributed by atoms with E-state index in [0.717, 1.165) is 21.7 Å². The highest BCUT2D eigenvalue weighted by atomic mass is 79.9. The lowest BCUT2D eigenvalue weighted by atomic mass is 10.2. The van der Waals surface area contributed by atoms with Crippen LogP contribution < -0.4 is 5.32 Å². The van der Waals surface area contributed by atoms with Crippen LogP contribution in [0.3, 0.4) is 0 Å². The molecule has 1 nitrogen and oxygen atoms in total. The lowest BCUT2D eigenvalue weighted by molar-refractivity contribution is 1.14. The smallest absolute Gasteiger partial charge is 0.0637 e. The summed E-state index contributed by atoms with van der Waals surface area (Å²) in [6, 6.07) is 14.2. The van der Waals surface area contributed by atoms with Crippen molar-refractivity contribution in [1.82, 2.24) is 0 Å². The molecule has 88 valence electrons. The first-order valence-electron chi connectivity index (χ1n) is 5.39. The number of benzene rings is 2. The Labute approximate surface area is 115 Å². The van der Waals surface area contributed by atoms with E-state index < -0.39 is 0 Å². The van der Waals surface area contributed by atoms with Gasteiger partial charge in [-0.05, 0) is 42.3 Å². The van der Waals surface area contributed by atoms with E-state index >= 15 is 0 Å². The Morgan fingerprint density at radius 3 is 2.76 bits per heavy atom. The lowest BCUT2D eigenvalue weighted by Crippen LogP contribution is -2.00. The maximum Gasteiger partial charge on any atom is 0.0637 e. The van der Waals surface area contributed by atoms with Crippen LogP contribution in [0.1, 0.15) is 11.1 Å². The number of anilines is 1. The molecular weight excluding hydrogens is 298 g/mol. The summed E-state index contributed by atoms with van der Waals surface area (Å²) in [5.41, 5.74) is 3.40. The van der Waals surface area contributed by atoms with E-state index in [0.29, 0.717) is 0 Å². The first-order valence-corrected chi connectivity index (χ1v) is 6.57. The van der Waals surface area contributed by atoms with Gasteiger partial charge in [0, 0.05) is 11.0 Å². The fourth-order valence-corrected chi connectivity index (χ4v) is 2.25. The summed E-state index contributed by atoms with van der Waals surface area (Å²) in [4.78, 5) is 0. The fraction of sp³-hybridized carbons (Fsp3) is 0.143. The Morgan fingerprint density at radius 1 is 1.18 bits per heavy atom. The van der Waals surface area contributed by atoms with Crippen LogP contribution >= 0.6 is 27.5 Å². The molecule has 0 radical (unpaired) electrons. The highest BCUT2D eigenvalue weighted by Crippen LogP contribution is 2.23. The zero-order valence-corrected chi connectivity index (χ0v) is 11.8. The van der Waals surface area contributed by atoms with E-state index in [2.05, 4.69) is 46.4 Å². The van der Waals surface area contributed by atoms with Crippen molar-refractivity contribution >= 4 is 33.2 Å². The highest BCUT2D eigenvalue weighted by molar-refractivity contribution is 9.10. The second kappa shape index (κ2) is 5.56. The van der Waals surface area contributed by atoms with E-state index in [4.69, 9.17) is 11.6 Å². The van der Waals surface area contributed by atoms with Crippen molar-refractivity contribution in [1.29, 1.82) is 0 Å². The van der Waals surface area contributed by atoms with Gasteiger partial charge in [0.25, 0.3) is 0 Å². The number of aryl methyl sites for hydroxylation is 1. The first kappa shape index (κ1) is 12.5. The molecule has 0 aliphatic heterocycles. The zero-order valence-electron chi connectivity index (χ0n) is 9.50. The van der Waals surface area contributed by atoms with Gasteiger partial charge in [-0.25, -0.2) is 0 Å². The average molecular weight is 311 g/mol. The minimum Gasteiger partial charge on any atom is -0.380 e. The van der Waals surface area contributed by atoms with Gasteiger partial charge in [0.15, 0.2) is 0 Å². The van der Waals surface area contributed by atoms with Crippen LogP contribution in [-0.2, 0) is 6.54 Å². The number of hydrogen-bond acceptors (Lipinski definition) is 1. The second-order valence-corrected chi connectivity index (χ2v) is 5.29. The summed E-state index contributed by atoms with van der Waals surface area (Å²) in [6.45, 7) is 2.82. The Kier molecular flexibility index (Phi) is 4.08. The summed E-state index contributed by atoms with van der Waals surface area (Å²) < 4.78 is 1.09. The van der Waals surface area contributed by atoms with Crippen LogP contribution in [0.5, 0.6) is 0 Å². The molecule has 0 amide bonds. The third-order valence-corrected chi connectivity index (χ3v) is 3.32. The van der Waals surface area contributed by atoms with Gasteiger partial charge in [0.2, 0.25) is 0 Å². The SMILES string of the molecule is Cc1ccc(Cl)c(NCc2cccc(Br)c2)c1. The van der Waals surface area contributed by atoms with Gasteiger partial charge in [-0.15, -0.1) is 0 Å². The molecule has 1 N–H and O–H groups in total. The van der Waals surface area contributed by atoms with Gasteiger partial charge in [-0.3, -0.25) is 0 Å². The highest BCUT2D eigenvalue weighted by Gasteiger charge is 2.00. The molecule has 2 aromatic rings. The van der Waals surface area contributed by atoms with Crippen molar-refractivity contribution < 1.29 is 0 Å². The summed E-state index contributed by atoms with van der Waals surface area (Å²) in [5, 5.41) is 4.10. The van der Waals surface area contributed by atoms with Crippen molar-refractivity contribution in [2.45, 2.75) is 13.5 Å². The Bertz CT molecular complexity index is 525. The predicted molar refractivity (Wildman–Crippen MR) is 77.7 cm³/mol. The van der Waals surface area contributed by atoms with Crippen LogP contribution in [0.2, 0.25) is 5.02 Å². The maximum atomic E-state index is 6.12. The Hall–Kier alpha value is -0.990. The molecule has 0 bridgehead atoms. The van der Waals surface area contributed by atoms with Gasteiger partial charge < -0.3 is 5.32 Å². The molecule has 3 heteroatoms. The van der Waals surface area contributed by atoms with Crippen molar-refractivity contribution in [2.24, 2.45) is 0 Å². The minimum atomic E-state index is 0.755. The van der Waals surface area contributed by atoms with Gasteiger partial charge in [0.05, 0.1) is 10.7 Å². The quantitative estimate of drug-likeness (QED) is 0.839. The van der Waals surface area contributed by atoms with Crippen LogP contribution in [0.4, 0.5) is 5.69 Å². The molecule has 2 aromatic carbocycles. The van der Waals surface area contributed by atoms with Gasteiger partial charge in [0.1, 0.15) is 0 Å². The van der Waals surface area contributed by atoms with Crippen molar-refractivity contribution in [3.8, 4) is 0 Å². The van der Waals surface area contributed by atoms with E-state index in [-0.39, 0.29) is 0 Å². The largest absolute Gasteiger partial charge is 0.380 e. The number of hydrogen-bond donors (Lipinski definition) is 1. The molecule has 0 saturated carbocycles. The van der Waals surface area contributed by atoms with Crippen LogP contribution in [0.25, 0.3) is 0 Å². The zero-order chi connectivity index (χ0) is 12.3. The molecule has 0 aromatic heterocycles. The predicted octanol–water partition coefficient (Wildman–Crippen LogP) is 5.02. The maximum absolute atomic E-state index is 6.12. The fourth-order valence-electron chi connectivity index (χ4n) is 1.62. The van der Waals surface area contributed by atoms with Crippen LogP contribution in [0.15, 0.2) is 46.9 Å². The molecule has 0 atom stereocenters. The minimum absolute atomic E-state index is 0.755. The molecule has 0 saturated heterocycles. The van der Waals surface area contributed by atoms with Crippen molar-refractivity contribution in [3.05, 3.63) is 63.1 Å². The van der Waals surface area contributed by atoms with Crippen molar-refractivity contribution in [3.63, 3.8) is 0 Å².